The number of hydrogen-bond acceptors (Lipinski definition) is 4. The second-order valence-electron chi connectivity index (χ2n) is 2.96. The van der Waals surface area contributed by atoms with Crippen molar-refractivity contribution in [3.8, 4) is 0 Å². The molecule has 0 saturated carbocycles. The predicted octanol–water partition coefficient (Wildman–Crippen LogP) is -2.48. The van der Waals surface area contributed by atoms with Gasteiger partial charge in [0.25, 0.3) is 5.78 Å². The molecule has 17 heavy (non-hydrogen) atoms. The average molecular weight is 242 g/mol. The number of esters is 1. The number of carbonyl (C=O) groups is 2. The molecule has 0 aromatic heterocycles. The third-order valence-electron chi connectivity index (χ3n) is 1.80. The Hall–Kier alpha value is -1.10. The Kier molecular flexibility index (Phi) is 7.54. The zero-order valence-corrected chi connectivity index (χ0v) is 11.8. The van der Waals surface area contributed by atoms with Crippen LogP contribution in [0, 0.1) is 0 Å². The van der Waals surface area contributed by atoms with Crippen molar-refractivity contribution in [1.29, 1.82) is 0 Å². The van der Waals surface area contributed by atoms with Crippen LogP contribution in [-0.2, 0) is 14.3 Å². The third-order valence-corrected chi connectivity index (χ3v) is 1.80. The van der Waals surface area contributed by atoms with Gasteiger partial charge in [0.2, 0.25) is 0 Å². The first-order valence-electron chi connectivity index (χ1n) is 4.80. The Balaban J connectivity index is 0.00000256. The topological polar surface area (TPSA) is 66.4 Å². The quantitative estimate of drug-likeness (QED) is 0.193. The number of benzene rings is 1. The minimum atomic E-state index is -1.01. The van der Waals surface area contributed by atoms with E-state index in [4.69, 9.17) is 0 Å². The van der Waals surface area contributed by atoms with Crippen molar-refractivity contribution in [3.63, 3.8) is 0 Å². The largest absolute Gasteiger partial charge is 1.00 e. The second-order valence-corrected chi connectivity index (χ2v) is 2.96. The van der Waals surface area contributed by atoms with E-state index in [1.165, 1.54) is 0 Å². The Labute approximate surface area is 122 Å². The normalized spacial score (nSPS) is 10.3. The van der Waals surface area contributed by atoms with Crippen molar-refractivity contribution >= 4 is 17.5 Å². The van der Waals surface area contributed by atoms with Gasteiger partial charge in [-0.2, -0.15) is 0 Å². The molecule has 0 heterocycles. The molecule has 0 aliphatic heterocycles. The fraction of sp³-hybridized carbons (Fsp3) is 0.167. The summed E-state index contributed by atoms with van der Waals surface area (Å²) in [5, 5.41) is 11.5. The van der Waals surface area contributed by atoms with Crippen molar-refractivity contribution < 1.29 is 49.0 Å². The third kappa shape index (κ3) is 5.17. The molecule has 0 fully saturated rings. The molecule has 1 rings (SSSR count). The SMILES string of the molecule is CCOC(=O)C(=O)/C=C(\[O-])c1ccccc1.[Na+]. The van der Waals surface area contributed by atoms with Crippen LogP contribution in [0.5, 0.6) is 0 Å². The standard InChI is InChI=1S/C12H12O4.Na/c1-2-16-12(15)11(14)8-10(13)9-6-4-3-5-7-9;/h3-8,13H,2H2,1H3;/q;+1/p-1/b10-8-;. The van der Waals surface area contributed by atoms with Gasteiger partial charge in [-0.3, -0.25) is 4.79 Å². The summed E-state index contributed by atoms with van der Waals surface area (Å²) in [6.07, 6.45) is 0.743. The molecule has 0 bridgehead atoms. The number of rotatable bonds is 4. The monoisotopic (exact) mass is 242 g/mol. The van der Waals surface area contributed by atoms with Gasteiger partial charge >= 0.3 is 35.5 Å². The van der Waals surface area contributed by atoms with E-state index in [-0.39, 0.29) is 36.2 Å². The van der Waals surface area contributed by atoms with E-state index in [1.54, 1.807) is 37.3 Å². The summed E-state index contributed by atoms with van der Waals surface area (Å²) in [4.78, 5) is 22.1. The van der Waals surface area contributed by atoms with Crippen LogP contribution in [0.15, 0.2) is 36.4 Å². The van der Waals surface area contributed by atoms with Crippen LogP contribution in [0.2, 0.25) is 0 Å². The molecule has 1 aromatic rings. The first kappa shape index (κ1) is 15.9. The van der Waals surface area contributed by atoms with Crippen LogP contribution in [0.3, 0.4) is 0 Å². The fourth-order valence-corrected chi connectivity index (χ4v) is 1.07. The second kappa shape index (κ2) is 8.06. The van der Waals surface area contributed by atoms with Crippen molar-refractivity contribution in [2.24, 2.45) is 0 Å². The number of hydrogen-bond donors (Lipinski definition) is 0. The molecule has 0 unspecified atom stereocenters. The molecule has 0 aliphatic rings. The molecule has 5 heteroatoms. The summed E-state index contributed by atoms with van der Waals surface area (Å²) in [7, 11) is 0. The van der Waals surface area contributed by atoms with Gasteiger partial charge in [0.05, 0.1) is 6.61 Å². The summed E-state index contributed by atoms with van der Waals surface area (Å²) in [6.45, 7) is 1.70. The van der Waals surface area contributed by atoms with Gasteiger partial charge in [0.15, 0.2) is 0 Å². The Morgan fingerprint density at radius 2 is 1.88 bits per heavy atom. The molecule has 4 nitrogen and oxygen atoms in total. The van der Waals surface area contributed by atoms with E-state index >= 15 is 0 Å². The maximum Gasteiger partial charge on any atom is 1.00 e. The van der Waals surface area contributed by atoms with Crippen molar-refractivity contribution in [1.82, 2.24) is 0 Å². The maximum atomic E-state index is 11.5. The van der Waals surface area contributed by atoms with Crippen molar-refractivity contribution in [2.75, 3.05) is 6.61 Å². The molecule has 0 aliphatic carbocycles. The zero-order chi connectivity index (χ0) is 12.0. The molecule has 0 saturated heterocycles. The molecule has 1 aromatic carbocycles. The van der Waals surface area contributed by atoms with Crippen LogP contribution >= 0.6 is 0 Å². The number of carbonyl (C=O) groups excluding carboxylic acids is 2. The van der Waals surface area contributed by atoms with Gasteiger partial charge in [-0.1, -0.05) is 36.1 Å². The van der Waals surface area contributed by atoms with Crippen LogP contribution in [0.4, 0.5) is 0 Å². The summed E-state index contributed by atoms with van der Waals surface area (Å²) < 4.78 is 4.47. The van der Waals surface area contributed by atoms with E-state index in [0.29, 0.717) is 5.56 Å². The Bertz CT molecular complexity index is 412. The minimum absolute atomic E-state index is 0. The molecule has 0 amide bonds. The van der Waals surface area contributed by atoms with E-state index in [9.17, 15) is 14.7 Å². The molecule has 0 N–H and O–H groups in total. The molecular formula is C12H11NaO4. The van der Waals surface area contributed by atoms with Crippen LogP contribution in [0.1, 0.15) is 12.5 Å². The number of ether oxygens (including phenoxy) is 1. The van der Waals surface area contributed by atoms with E-state index < -0.39 is 17.5 Å². The molecule has 0 radical (unpaired) electrons. The van der Waals surface area contributed by atoms with E-state index in [2.05, 4.69) is 4.74 Å². The minimum Gasteiger partial charge on any atom is -0.872 e. The summed E-state index contributed by atoms with van der Waals surface area (Å²) >= 11 is 0. The van der Waals surface area contributed by atoms with Crippen LogP contribution in [0.25, 0.3) is 5.76 Å². The van der Waals surface area contributed by atoms with Gasteiger partial charge in [0, 0.05) is 0 Å². The van der Waals surface area contributed by atoms with Crippen LogP contribution < -0.4 is 34.7 Å². The molecule has 84 valence electrons. The maximum absolute atomic E-state index is 11.5. The predicted molar refractivity (Wildman–Crippen MR) is 56.1 cm³/mol. The summed E-state index contributed by atoms with van der Waals surface area (Å²) in [5.74, 6) is -2.44. The van der Waals surface area contributed by atoms with E-state index in [1.807, 2.05) is 0 Å². The van der Waals surface area contributed by atoms with E-state index in [0.717, 1.165) is 6.08 Å². The smallest absolute Gasteiger partial charge is 0.872 e. The van der Waals surface area contributed by atoms with Crippen molar-refractivity contribution in [3.05, 3.63) is 42.0 Å². The molecule has 0 atom stereocenters. The van der Waals surface area contributed by atoms with Crippen molar-refractivity contribution in [2.45, 2.75) is 6.92 Å². The zero-order valence-electron chi connectivity index (χ0n) is 9.80. The van der Waals surface area contributed by atoms with Gasteiger partial charge in [-0.05, 0) is 18.6 Å². The first-order chi connectivity index (χ1) is 7.65. The van der Waals surface area contributed by atoms with Gasteiger partial charge in [-0.15, -0.1) is 0 Å². The van der Waals surface area contributed by atoms with Gasteiger partial charge in [0.1, 0.15) is 0 Å². The van der Waals surface area contributed by atoms with Gasteiger partial charge < -0.3 is 9.84 Å². The summed E-state index contributed by atoms with van der Waals surface area (Å²) in [6, 6.07) is 8.24. The fourth-order valence-electron chi connectivity index (χ4n) is 1.07. The molecule has 0 spiro atoms. The first-order valence-corrected chi connectivity index (χ1v) is 4.80. The Morgan fingerprint density at radius 3 is 2.41 bits per heavy atom. The summed E-state index contributed by atoms with van der Waals surface area (Å²) in [5.41, 5.74) is 0.361. The average Bonchev–Trinajstić information content (AvgIpc) is 2.30. The van der Waals surface area contributed by atoms with Crippen LogP contribution in [-0.4, -0.2) is 18.4 Å². The molecular weight excluding hydrogens is 231 g/mol. The number of ketones is 1. The van der Waals surface area contributed by atoms with Gasteiger partial charge in [-0.25, -0.2) is 4.79 Å². The Morgan fingerprint density at radius 1 is 1.29 bits per heavy atom.